The Morgan fingerprint density at radius 3 is 0.904 bits per heavy atom. The fourth-order valence-electron chi connectivity index (χ4n) is 14.0. The Balaban J connectivity index is 0.000000147. The van der Waals surface area contributed by atoms with E-state index in [9.17, 15) is 0 Å². The molecule has 0 bridgehead atoms. The van der Waals surface area contributed by atoms with E-state index in [1.165, 1.54) is 0 Å². The zero-order valence-corrected chi connectivity index (χ0v) is 56.0. The van der Waals surface area contributed by atoms with E-state index < -0.39 is 0 Å². The maximum atomic E-state index is 5.17. The topological polar surface area (TPSA) is 129 Å². The smallest absolute Gasteiger partial charge is 0.0972 e. The maximum absolute atomic E-state index is 5.17. The Kier molecular flexibility index (Phi) is 15.3. The van der Waals surface area contributed by atoms with Gasteiger partial charge < -0.3 is 0 Å². The molecule has 0 N–H and O–H groups in total. The summed E-state index contributed by atoms with van der Waals surface area (Å²) in [6.07, 6.45) is 7.29. The molecule has 0 unspecified atom stereocenters. The zero-order valence-electron chi connectivity index (χ0n) is 56.0. The normalized spacial score (nSPS) is 11.5. The molecule has 0 aliphatic rings. The lowest BCUT2D eigenvalue weighted by molar-refractivity contribution is 1.31. The van der Waals surface area contributed by atoms with E-state index in [-0.39, 0.29) is 0 Å². The first-order chi connectivity index (χ1) is 51.4. The van der Waals surface area contributed by atoms with Crippen LogP contribution in [-0.4, -0.2) is 49.8 Å². The van der Waals surface area contributed by atoms with Gasteiger partial charge in [0.2, 0.25) is 0 Å². The molecule has 0 saturated heterocycles. The molecule has 0 spiro atoms. The van der Waals surface area contributed by atoms with Gasteiger partial charge in [0, 0.05) is 112 Å². The van der Waals surface area contributed by atoms with Crippen molar-refractivity contribution in [2.24, 2.45) is 0 Å². The van der Waals surface area contributed by atoms with Crippen LogP contribution in [0.3, 0.4) is 0 Å². The fourth-order valence-corrected chi connectivity index (χ4v) is 14.0. The van der Waals surface area contributed by atoms with Gasteiger partial charge in [-0.05, 0) is 162 Å². The number of rotatable bonds is 10. The first kappa shape index (κ1) is 60.9. The fraction of sp³-hybridized carbons (Fsp3) is 0. The molecule has 0 fully saturated rings. The van der Waals surface area contributed by atoms with Gasteiger partial charge in [-0.15, -0.1) is 0 Å². The van der Waals surface area contributed by atoms with Crippen molar-refractivity contribution in [1.82, 2.24) is 49.8 Å². The van der Waals surface area contributed by atoms with Gasteiger partial charge in [-0.2, -0.15) is 0 Å². The number of aromatic nitrogens is 10. The molecule has 10 aromatic heterocycles. The van der Waals surface area contributed by atoms with Crippen LogP contribution in [0.4, 0.5) is 0 Å². The summed E-state index contributed by atoms with van der Waals surface area (Å²) < 4.78 is 0. The molecular formula is C94H58N10. The Labute approximate surface area is 598 Å². The highest BCUT2D eigenvalue weighted by atomic mass is 14.8. The monoisotopic (exact) mass is 1330 g/mol. The highest BCUT2D eigenvalue weighted by molar-refractivity contribution is 6.05. The van der Waals surface area contributed by atoms with Gasteiger partial charge in [0.25, 0.3) is 0 Å². The first-order valence-electron chi connectivity index (χ1n) is 34.6. The average Bonchev–Trinajstić information content (AvgIpc) is 0.803. The molecule has 10 aromatic carbocycles. The van der Waals surface area contributed by atoms with Gasteiger partial charge >= 0.3 is 0 Å². The van der Waals surface area contributed by atoms with E-state index in [2.05, 4.69) is 281 Å². The Hall–Kier alpha value is -14.2. The molecule has 0 atom stereocenters. The summed E-state index contributed by atoms with van der Waals surface area (Å²) in [6.45, 7) is 0. The molecule has 10 nitrogen and oxygen atoms in total. The van der Waals surface area contributed by atoms with Crippen LogP contribution in [-0.2, 0) is 0 Å². The van der Waals surface area contributed by atoms with Gasteiger partial charge in [-0.3, -0.25) is 19.9 Å². The second-order valence-electron chi connectivity index (χ2n) is 26.0. The van der Waals surface area contributed by atoms with Crippen LogP contribution in [0.2, 0.25) is 0 Å². The predicted molar refractivity (Wildman–Crippen MR) is 425 cm³/mol. The molecule has 0 radical (unpaired) electrons. The first-order valence-corrected chi connectivity index (χ1v) is 34.6. The van der Waals surface area contributed by atoms with Crippen LogP contribution in [0.5, 0.6) is 0 Å². The molecular weight excluding hydrogens is 1270 g/mol. The highest BCUT2D eigenvalue weighted by Crippen LogP contribution is 2.37. The van der Waals surface area contributed by atoms with E-state index in [4.69, 9.17) is 29.9 Å². The van der Waals surface area contributed by atoms with Gasteiger partial charge in [0.15, 0.2) is 0 Å². The van der Waals surface area contributed by atoms with Crippen LogP contribution in [0.1, 0.15) is 0 Å². The van der Waals surface area contributed by atoms with Gasteiger partial charge in [-0.25, -0.2) is 29.9 Å². The van der Waals surface area contributed by atoms with Gasteiger partial charge in [0.1, 0.15) is 0 Å². The maximum Gasteiger partial charge on any atom is 0.0972 e. The van der Waals surface area contributed by atoms with Crippen molar-refractivity contribution < 1.29 is 0 Å². The predicted octanol–water partition coefficient (Wildman–Crippen LogP) is 23.2. The lowest BCUT2D eigenvalue weighted by Crippen LogP contribution is -1.91. The van der Waals surface area contributed by atoms with E-state index in [0.29, 0.717) is 0 Å². The van der Waals surface area contributed by atoms with Crippen LogP contribution in [0.15, 0.2) is 352 Å². The Morgan fingerprint density at radius 2 is 0.452 bits per heavy atom. The molecule has 10 heteroatoms. The number of nitrogens with zero attached hydrogens (tertiary/aromatic N) is 10. The standard InChI is InChI=1S/C52H32N6.C42H26N4/c1-3-24-53-44(10-1)41-29-42(45-11-2-4-25-54-45)31-43(30-41)49-23-19-40-27-36(18-22-47(40)56-49)37-15-12-33-16-20-46(57-50(33)32-37)38-7-5-8-39(28-38)48-21-17-35-14-13-34-9-6-26-55-51(34)52(35)58-48;1-2-6-27(7-3-1)36-22-18-35-24-31(17-21-38(35)44-36)32-14-11-28-15-19-37(45-40(28)26-32)33-8-4-9-34(25-33)39-20-16-30-13-12-29-10-5-23-43-41(29)42(30)46-39/h1-32H;1-26H. The van der Waals surface area contributed by atoms with Crippen LogP contribution < -0.4 is 0 Å². The molecule has 104 heavy (non-hydrogen) atoms. The van der Waals surface area contributed by atoms with Crippen molar-refractivity contribution in [1.29, 1.82) is 0 Å². The van der Waals surface area contributed by atoms with Crippen molar-refractivity contribution in [2.45, 2.75) is 0 Å². The van der Waals surface area contributed by atoms with Gasteiger partial charge in [0.05, 0.1) is 89.7 Å². The molecule has 0 saturated carbocycles. The summed E-state index contributed by atoms with van der Waals surface area (Å²) in [7, 11) is 0. The van der Waals surface area contributed by atoms with Crippen molar-refractivity contribution in [3.8, 4) is 112 Å². The number of fused-ring (bicyclic) bond motifs is 10. The summed E-state index contributed by atoms with van der Waals surface area (Å²) in [6, 6.07) is 113. The largest absolute Gasteiger partial charge is 0.256 e. The third-order valence-electron chi connectivity index (χ3n) is 19.4. The van der Waals surface area contributed by atoms with E-state index in [0.717, 1.165) is 200 Å². The van der Waals surface area contributed by atoms with Crippen molar-refractivity contribution >= 4 is 87.2 Å². The molecule has 20 aromatic rings. The van der Waals surface area contributed by atoms with Crippen molar-refractivity contribution in [3.63, 3.8) is 0 Å². The van der Waals surface area contributed by atoms with Crippen LogP contribution in [0, 0.1) is 0 Å². The molecule has 10 heterocycles. The average molecular weight is 1330 g/mol. The third kappa shape index (κ3) is 11.9. The lowest BCUT2D eigenvalue weighted by Gasteiger charge is -2.11. The molecule has 0 amide bonds. The second-order valence-corrected chi connectivity index (χ2v) is 26.0. The van der Waals surface area contributed by atoms with E-state index in [1.54, 1.807) is 0 Å². The van der Waals surface area contributed by atoms with Crippen LogP contribution >= 0.6 is 0 Å². The number of hydrogen-bond donors (Lipinski definition) is 0. The number of hydrogen-bond acceptors (Lipinski definition) is 10. The summed E-state index contributed by atoms with van der Waals surface area (Å²) in [5.74, 6) is 0. The molecule has 0 aliphatic carbocycles. The summed E-state index contributed by atoms with van der Waals surface area (Å²) >= 11 is 0. The summed E-state index contributed by atoms with van der Waals surface area (Å²) in [5.41, 5.74) is 27.6. The van der Waals surface area contributed by atoms with Gasteiger partial charge in [-0.1, -0.05) is 188 Å². The minimum atomic E-state index is 0.892. The lowest BCUT2D eigenvalue weighted by atomic mass is 9.98. The van der Waals surface area contributed by atoms with Crippen molar-refractivity contribution in [3.05, 3.63) is 352 Å². The number of pyridine rings is 10. The highest BCUT2D eigenvalue weighted by Gasteiger charge is 2.16. The molecule has 0 aliphatic heterocycles. The summed E-state index contributed by atoms with van der Waals surface area (Å²) in [4.78, 5) is 49.0. The van der Waals surface area contributed by atoms with E-state index in [1.807, 2.05) is 91.5 Å². The third-order valence-corrected chi connectivity index (χ3v) is 19.4. The summed E-state index contributed by atoms with van der Waals surface area (Å²) in [5, 5.41) is 8.70. The SMILES string of the molecule is c1ccc(-c2cc(-c3ccccn3)cc(-c3ccc4cc(-c5ccc6ccc(-c7cccc(-c8ccc9ccc%10cccnc%10c9n8)c7)nc6c5)ccc4n3)c2)nc1.c1ccc(-c2ccc3cc(-c4ccc5ccc(-c6cccc(-c7ccc8ccc9cccnc9c8n7)c6)nc5c4)ccc3n2)cc1. The van der Waals surface area contributed by atoms with Crippen LogP contribution in [0.25, 0.3) is 200 Å². The minimum Gasteiger partial charge on any atom is -0.256 e. The van der Waals surface area contributed by atoms with Crippen molar-refractivity contribution in [2.75, 3.05) is 0 Å². The zero-order chi connectivity index (χ0) is 68.9. The molecule has 484 valence electrons. The van der Waals surface area contributed by atoms with E-state index >= 15 is 0 Å². The Bertz CT molecular complexity index is 6690. The Morgan fingerprint density at radius 1 is 0.135 bits per heavy atom. The number of benzene rings is 10. The molecule has 20 rings (SSSR count). The second kappa shape index (κ2) is 26.1. The minimum absolute atomic E-state index is 0.892. The quantitative estimate of drug-likeness (QED) is 0.122.